The van der Waals surface area contributed by atoms with Gasteiger partial charge in [0.25, 0.3) is 5.91 Å². The van der Waals surface area contributed by atoms with E-state index in [0.717, 1.165) is 12.8 Å². The summed E-state index contributed by atoms with van der Waals surface area (Å²) in [5, 5.41) is 6.79. The molecular formula is C18H16F4N6O2S. The number of nitrogens with one attached hydrogen (secondary N) is 1. The molecule has 1 amide bonds. The zero-order valence-corrected chi connectivity index (χ0v) is 16.8. The van der Waals surface area contributed by atoms with Crippen LogP contribution in [0.4, 0.5) is 22.9 Å². The number of amides is 1. The Morgan fingerprint density at radius 2 is 2.13 bits per heavy atom. The van der Waals surface area contributed by atoms with Gasteiger partial charge in [0.15, 0.2) is 23.7 Å². The van der Waals surface area contributed by atoms with Crippen molar-refractivity contribution >= 4 is 35.1 Å². The number of aromatic nitrogens is 4. The minimum atomic E-state index is -4.36. The van der Waals surface area contributed by atoms with E-state index >= 15 is 0 Å². The second-order valence-electron chi connectivity index (χ2n) is 7.74. The van der Waals surface area contributed by atoms with E-state index in [1.807, 2.05) is 4.90 Å². The summed E-state index contributed by atoms with van der Waals surface area (Å²) in [4.78, 5) is 23.0. The number of rotatable bonds is 5. The first kappa shape index (κ1) is 20.1. The Balaban J connectivity index is 1.45. The van der Waals surface area contributed by atoms with Crippen molar-refractivity contribution in [1.29, 1.82) is 0 Å². The molecule has 1 saturated carbocycles. The molecule has 4 heterocycles. The van der Waals surface area contributed by atoms with Crippen molar-refractivity contribution < 1.29 is 26.4 Å². The van der Waals surface area contributed by atoms with Gasteiger partial charge in [-0.1, -0.05) is 5.16 Å². The fourth-order valence-corrected chi connectivity index (χ4v) is 4.36. The van der Waals surface area contributed by atoms with E-state index in [9.17, 15) is 21.9 Å². The molecule has 0 radical (unpaired) electrons. The highest BCUT2D eigenvalue weighted by Gasteiger charge is 2.54. The van der Waals surface area contributed by atoms with Crippen LogP contribution in [0.5, 0.6) is 0 Å². The number of hydrogen-bond donors (Lipinski definition) is 1. The lowest BCUT2D eigenvalue weighted by Crippen LogP contribution is -2.39. The van der Waals surface area contributed by atoms with E-state index in [-0.39, 0.29) is 30.0 Å². The van der Waals surface area contributed by atoms with Gasteiger partial charge in [-0.25, -0.2) is 13.9 Å². The molecule has 3 aromatic heterocycles. The SMILES string of the molecule is O=C(NCCC(F)(F)F)c1noc2c1CN(c1ncnc3c1ccn3SF)CC21CC1. The number of anilines is 1. The largest absolute Gasteiger partial charge is 0.390 e. The van der Waals surface area contributed by atoms with Crippen LogP contribution in [0.15, 0.2) is 23.1 Å². The molecule has 1 N–H and O–H groups in total. The van der Waals surface area contributed by atoms with Crippen molar-refractivity contribution in [2.45, 2.75) is 37.4 Å². The summed E-state index contributed by atoms with van der Waals surface area (Å²) < 4.78 is 57.1. The Hall–Kier alpha value is -2.83. The summed E-state index contributed by atoms with van der Waals surface area (Å²) in [5.74, 6) is 0.478. The zero-order chi connectivity index (χ0) is 21.8. The van der Waals surface area contributed by atoms with Gasteiger partial charge in [0.2, 0.25) is 0 Å². The predicted molar refractivity (Wildman–Crippen MR) is 103 cm³/mol. The lowest BCUT2D eigenvalue weighted by atomic mass is 9.92. The first-order valence-electron chi connectivity index (χ1n) is 9.51. The smallest absolute Gasteiger partial charge is 0.360 e. The first-order valence-corrected chi connectivity index (χ1v) is 10.2. The van der Waals surface area contributed by atoms with Gasteiger partial charge >= 0.3 is 6.18 Å². The molecule has 0 atom stereocenters. The molecule has 1 fully saturated rings. The average molecular weight is 456 g/mol. The van der Waals surface area contributed by atoms with Crippen molar-refractivity contribution in [2.24, 2.45) is 0 Å². The van der Waals surface area contributed by atoms with Crippen LogP contribution in [0.1, 0.15) is 41.1 Å². The third-order valence-electron chi connectivity index (χ3n) is 5.68. The van der Waals surface area contributed by atoms with Gasteiger partial charge in [0.1, 0.15) is 17.9 Å². The van der Waals surface area contributed by atoms with Crippen molar-refractivity contribution in [3.8, 4) is 0 Å². The number of hydrogen-bond acceptors (Lipinski definition) is 7. The van der Waals surface area contributed by atoms with E-state index in [4.69, 9.17) is 4.52 Å². The van der Waals surface area contributed by atoms with Gasteiger partial charge in [-0.15, -0.1) is 3.89 Å². The summed E-state index contributed by atoms with van der Waals surface area (Å²) in [6.07, 6.45) is -0.936. The molecule has 0 bridgehead atoms. The molecule has 1 aliphatic carbocycles. The van der Waals surface area contributed by atoms with Gasteiger partial charge in [0, 0.05) is 30.3 Å². The lowest BCUT2D eigenvalue weighted by molar-refractivity contribution is -0.133. The first-order chi connectivity index (χ1) is 14.8. The number of carbonyl (C=O) groups is 1. The zero-order valence-electron chi connectivity index (χ0n) is 15.9. The summed E-state index contributed by atoms with van der Waals surface area (Å²) >= 11 is 0.0279. The summed E-state index contributed by atoms with van der Waals surface area (Å²) in [6, 6.07) is 1.71. The number of fused-ring (bicyclic) bond motifs is 3. The summed E-state index contributed by atoms with van der Waals surface area (Å²) in [6.45, 7) is 0.271. The molecule has 5 rings (SSSR count). The lowest BCUT2D eigenvalue weighted by Gasteiger charge is -2.32. The van der Waals surface area contributed by atoms with Crippen LogP contribution in [0.3, 0.4) is 0 Å². The van der Waals surface area contributed by atoms with Crippen LogP contribution in [-0.4, -0.2) is 44.3 Å². The summed E-state index contributed by atoms with van der Waals surface area (Å²) in [5.41, 5.74) is 0.623. The van der Waals surface area contributed by atoms with Crippen molar-refractivity contribution in [2.75, 3.05) is 18.0 Å². The van der Waals surface area contributed by atoms with E-state index in [2.05, 4.69) is 20.4 Å². The average Bonchev–Trinajstić information content (AvgIpc) is 3.16. The number of carbonyl (C=O) groups excluding carboxylic acids is 1. The molecule has 8 nitrogen and oxygen atoms in total. The molecule has 2 aliphatic rings. The molecule has 164 valence electrons. The second-order valence-corrected chi connectivity index (χ2v) is 8.27. The van der Waals surface area contributed by atoms with Gasteiger partial charge in [0.05, 0.1) is 18.4 Å². The maximum atomic E-state index is 13.1. The molecular weight excluding hydrogens is 440 g/mol. The standard InChI is InChI=1S/C18H16F4N6O2S/c19-18(20,21)4-5-23-16(29)12-11-7-27(8-17(2-3-17)13(11)30-26-12)14-10-1-6-28(31-22)15(10)25-9-24-14/h1,6,9H,2-5,7-8H2,(H,23,29). The topological polar surface area (TPSA) is 89.1 Å². The number of alkyl halides is 3. The molecule has 0 saturated heterocycles. The fourth-order valence-electron chi connectivity index (χ4n) is 4.04. The molecule has 31 heavy (non-hydrogen) atoms. The molecule has 3 aromatic rings. The Morgan fingerprint density at radius 3 is 2.84 bits per heavy atom. The molecule has 13 heteroatoms. The Kier molecular flexibility index (Phi) is 4.61. The monoisotopic (exact) mass is 456 g/mol. The van der Waals surface area contributed by atoms with Crippen LogP contribution >= 0.6 is 12.3 Å². The van der Waals surface area contributed by atoms with Crippen LogP contribution in [0.2, 0.25) is 0 Å². The van der Waals surface area contributed by atoms with Crippen molar-refractivity contribution in [1.82, 2.24) is 24.4 Å². The van der Waals surface area contributed by atoms with Gasteiger partial charge in [-0.05, 0) is 18.9 Å². The second kappa shape index (κ2) is 7.11. The third kappa shape index (κ3) is 3.50. The summed E-state index contributed by atoms with van der Waals surface area (Å²) in [7, 11) is 0. The number of nitrogens with zero attached hydrogens (tertiary/aromatic N) is 5. The van der Waals surface area contributed by atoms with Gasteiger partial charge in [-0.2, -0.15) is 13.2 Å². The quantitative estimate of drug-likeness (QED) is 0.588. The highest BCUT2D eigenvalue weighted by molar-refractivity contribution is 7.92. The third-order valence-corrected chi connectivity index (χ3v) is 6.12. The van der Waals surface area contributed by atoms with Crippen LogP contribution in [-0.2, 0) is 12.0 Å². The normalized spacial score (nSPS) is 17.2. The predicted octanol–water partition coefficient (Wildman–Crippen LogP) is 3.53. The van der Waals surface area contributed by atoms with Crippen molar-refractivity contribution in [3.63, 3.8) is 0 Å². The van der Waals surface area contributed by atoms with E-state index < -0.39 is 25.0 Å². The van der Waals surface area contributed by atoms with Gasteiger partial charge in [-0.3, -0.25) is 4.79 Å². The molecule has 1 spiro atoms. The minimum absolute atomic E-state index is 0.0182. The number of halogens is 4. The minimum Gasteiger partial charge on any atom is -0.360 e. The molecule has 0 unspecified atom stereocenters. The van der Waals surface area contributed by atoms with E-state index in [1.54, 1.807) is 12.3 Å². The Bertz CT molecular complexity index is 1160. The van der Waals surface area contributed by atoms with E-state index in [1.165, 1.54) is 10.3 Å². The van der Waals surface area contributed by atoms with Crippen molar-refractivity contribution in [3.05, 3.63) is 35.6 Å². The Morgan fingerprint density at radius 1 is 1.32 bits per heavy atom. The molecule has 0 aromatic carbocycles. The Labute approximate surface area is 177 Å². The fraction of sp³-hybridized carbons (Fsp3) is 0.444. The maximum absolute atomic E-state index is 13.1. The van der Waals surface area contributed by atoms with Crippen LogP contribution < -0.4 is 10.2 Å². The highest BCUT2D eigenvalue weighted by Crippen LogP contribution is 2.53. The van der Waals surface area contributed by atoms with Gasteiger partial charge < -0.3 is 14.7 Å². The van der Waals surface area contributed by atoms with Crippen LogP contribution in [0, 0.1) is 0 Å². The highest BCUT2D eigenvalue weighted by atomic mass is 32.2. The maximum Gasteiger partial charge on any atom is 0.390 e. The van der Waals surface area contributed by atoms with E-state index in [0.29, 0.717) is 34.7 Å². The molecule has 1 aliphatic heterocycles. The van der Waals surface area contributed by atoms with Crippen LogP contribution in [0.25, 0.3) is 11.0 Å².